The minimum Gasteiger partial charge on any atom is -0.355 e. The summed E-state index contributed by atoms with van der Waals surface area (Å²) in [5.41, 5.74) is 7.80. The molecule has 0 saturated carbocycles. The van der Waals surface area contributed by atoms with Crippen LogP contribution in [0.1, 0.15) is 32.3 Å². The molecule has 0 aliphatic carbocycles. The zero-order chi connectivity index (χ0) is 17.7. The fourth-order valence-corrected chi connectivity index (χ4v) is 3.13. The van der Waals surface area contributed by atoms with Gasteiger partial charge in [-0.2, -0.15) is 0 Å². The van der Waals surface area contributed by atoms with Gasteiger partial charge < -0.3 is 16.4 Å². The molecule has 0 bridgehead atoms. The fraction of sp³-hybridized carbons (Fsp3) is 0.471. The summed E-state index contributed by atoms with van der Waals surface area (Å²) >= 11 is 1.46. The van der Waals surface area contributed by atoms with Crippen LogP contribution in [-0.2, 0) is 9.59 Å². The van der Waals surface area contributed by atoms with Gasteiger partial charge in [0.1, 0.15) is 0 Å². The number of anilines is 1. The number of carbonyl (C=O) groups excluding carboxylic acids is 2. The monoisotopic (exact) mass is 348 g/mol. The smallest absolute Gasteiger partial charge is 0.237 e. The van der Waals surface area contributed by atoms with E-state index in [-0.39, 0.29) is 17.7 Å². The van der Waals surface area contributed by atoms with Gasteiger partial charge in [-0.3, -0.25) is 9.59 Å². The zero-order valence-corrected chi connectivity index (χ0v) is 15.1. The zero-order valence-electron chi connectivity index (χ0n) is 14.3. The Bertz CT molecular complexity index is 726. The molecule has 0 aliphatic heterocycles. The Morgan fingerprint density at radius 1 is 1.33 bits per heavy atom. The van der Waals surface area contributed by atoms with Crippen LogP contribution >= 0.6 is 11.3 Å². The molecule has 0 radical (unpaired) electrons. The molecule has 6 nitrogen and oxygen atoms in total. The summed E-state index contributed by atoms with van der Waals surface area (Å²) < 4.78 is 1.06. The SMILES string of the molecule is Cc1ccc2nc(NC(=O)CCCNC(=O)[C@@H](N)C(C)C)sc2c1. The van der Waals surface area contributed by atoms with Crippen LogP contribution in [0.2, 0.25) is 0 Å². The van der Waals surface area contributed by atoms with E-state index in [1.54, 1.807) is 0 Å². The lowest BCUT2D eigenvalue weighted by Crippen LogP contribution is -2.44. The highest BCUT2D eigenvalue weighted by Crippen LogP contribution is 2.26. The van der Waals surface area contributed by atoms with Crippen molar-refractivity contribution < 1.29 is 9.59 Å². The number of hydrogen-bond acceptors (Lipinski definition) is 5. The largest absolute Gasteiger partial charge is 0.355 e. The number of aromatic nitrogens is 1. The van der Waals surface area contributed by atoms with Crippen LogP contribution in [0.3, 0.4) is 0 Å². The number of fused-ring (bicyclic) bond motifs is 1. The second-order valence-corrected chi connectivity index (χ2v) is 7.23. The van der Waals surface area contributed by atoms with Gasteiger partial charge in [0.05, 0.1) is 16.3 Å². The summed E-state index contributed by atoms with van der Waals surface area (Å²) in [6.45, 7) is 6.26. The van der Waals surface area contributed by atoms with E-state index in [1.807, 2.05) is 32.9 Å². The van der Waals surface area contributed by atoms with E-state index >= 15 is 0 Å². The maximum absolute atomic E-state index is 12.0. The summed E-state index contributed by atoms with van der Waals surface area (Å²) in [7, 11) is 0. The number of nitrogens with one attached hydrogen (secondary N) is 2. The van der Waals surface area contributed by atoms with Crippen molar-refractivity contribution in [3.05, 3.63) is 23.8 Å². The van der Waals surface area contributed by atoms with E-state index in [1.165, 1.54) is 16.9 Å². The number of rotatable bonds is 7. The number of hydrogen-bond donors (Lipinski definition) is 3. The summed E-state index contributed by atoms with van der Waals surface area (Å²) in [4.78, 5) is 28.1. The first-order valence-electron chi connectivity index (χ1n) is 8.07. The number of aryl methyl sites for hydroxylation is 1. The van der Waals surface area contributed by atoms with Crippen LogP contribution in [0.5, 0.6) is 0 Å². The first kappa shape index (κ1) is 18.4. The molecule has 1 atom stereocenters. The molecule has 2 amide bonds. The standard InChI is InChI=1S/C17H24N4O2S/c1-10(2)15(18)16(23)19-8-4-5-14(22)21-17-20-12-7-6-11(3)9-13(12)24-17/h6-7,9-10,15H,4-5,8,18H2,1-3H3,(H,19,23)(H,20,21,22)/t15-/m0/s1. The third kappa shape index (κ3) is 5.01. The van der Waals surface area contributed by atoms with Crippen molar-refractivity contribution in [3.63, 3.8) is 0 Å². The molecule has 4 N–H and O–H groups in total. The second kappa shape index (κ2) is 8.21. The molecule has 0 aliphatic rings. The van der Waals surface area contributed by atoms with Crippen LogP contribution in [-0.4, -0.2) is 29.4 Å². The molecule has 0 fully saturated rings. The van der Waals surface area contributed by atoms with E-state index in [0.717, 1.165) is 10.2 Å². The van der Waals surface area contributed by atoms with Crippen molar-refractivity contribution in [2.24, 2.45) is 11.7 Å². The summed E-state index contributed by atoms with van der Waals surface area (Å²) in [6, 6.07) is 5.49. The number of amides is 2. The van der Waals surface area contributed by atoms with Gasteiger partial charge in [-0.05, 0) is 37.0 Å². The van der Waals surface area contributed by atoms with Gasteiger partial charge in [-0.15, -0.1) is 0 Å². The predicted octanol–water partition coefficient (Wildman–Crippen LogP) is 2.42. The van der Waals surface area contributed by atoms with Gasteiger partial charge in [-0.25, -0.2) is 4.98 Å². The van der Waals surface area contributed by atoms with E-state index in [4.69, 9.17) is 5.73 Å². The second-order valence-electron chi connectivity index (χ2n) is 6.20. The fourth-order valence-electron chi connectivity index (χ4n) is 2.15. The minimum atomic E-state index is -0.509. The molecular formula is C17H24N4O2S. The van der Waals surface area contributed by atoms with Crippen LogP contribution in [0.4, 0.5) is 5.13 Å². The Hall–Kier alpha value is -1.99. The van der Waals surface area contributed by atoms with Crippen molar-refractivity contribution in [1.29, 1.82) is 0 Å². The van der Waals surface area contributed by atoms with Crippen molar-refractivity contribution >= 4 is 38.5 Å². The average Bonchev–Trinajstić information content (AvgIpc) is 2.91. The molecule has 2 rings (SSSR count). The number of thiazole rings is 1. The minimum absolute atomic E-state index is 0.0935. The Morgan fingerprint density at radius 2 is 2.08 bits per heavy atom. The van der Waals surface area contributed by atoms with Crippen LogP contribution in [0, 0.1) is 12.8 Å². The highest BCUT2D eigenvalue weighted by molar-refractivity contribution is 7.22. The molecule has 0 saturated heterocycles. The maximum Gasteiger partial charge on any atom is 0.237 e. The normalized spacial score (nSPS) is 12.4. The molecule has 1 heterocycles. The van der Waals surface area contributed by atoms with Crippen LogP contribution in [0.15, 0.2) is 18.2 Å². The van der Waals surface area contributed by atoms with Gasteiger partial charge in [0, 0.05) is 13.0 Å². The average molecular weight is 348 g/mol. The Kier molecular flexibility index (Phi) is 6.28. The topological polar surface area (TPSA) is 97.1 Å². The maximum atomic E-state index is 12.0. The quantitative estimate of drug-likeness (QED) is 0.669. The third-order valence-electron chi connectivity index (χ3n) is 3.69. The van der Waals surface area contributed by atoms with Crippen molar-refractivity contribution in [3.8, 4) is 0 Å². The Morgan fingerprint density at radius 3 is 2.79 bits per heavy atom. The van der Waals surface area contributed by atoms with Gasteiger partial charge in [0.15, 0.2) is 5.13 Å². The highest BCUT2D eigenvalue weighted by atomic mass is 32.1. The van der Waals surface area contributed by atoms with Crippen molar-refractivity contribution in [2.45, 2.75) is 39.7 Å². The van der Waals surface area contributed by atoms with Crippen molar-refractivity contribution in [2.75, 3.05) is 11.9 Å². The Balaban J connectivity index is 1.75. The van der Waals surface area contributed by atoms with Gasteiger partial charge >= 0.3 is 0 Å². The van der Waals surface area contributed by atoms with E-state index in [9.17, 15) is 9.59 Å². The highest BCUT2D eigenvalue weighted by Gasteiger charge is 2.16. The molecule has 1 aromatic carbocycles. The van der Waals surface area contributed by atoms with Gasteiger partial charge in [0.25, 0.3) is 0 Å². The predicted molar refractivity (Wildman–Crippen MR) is 98.0 cm³/mol. The lowest BCUT2D eigenvalue weighted by molar-refractivity contribution is -0.123. The first-order valence-corrected chi connectivity index (χ1v) is 8.89. The first-order chi connectivity index (χ1) is 11.4. The summed E-state index contributed by atoms with van der Waals surface area (Å²) in [5.74, 6) is -0.184. The summed E-state index contributed by atoms with van der Waals surface area (Å²) in [5, 5.41) is 6.17. The Labute approximate surface area is 145 Å². The number of nitrogens with two attached hydrogens (primary N) is 1. The molecule has 0 spiro atoms. The van der Waals surface area contributed by atoms with E-state index in [0.29, 0.717) is 24.5 Å². The molecule has 7 heteroatoms. The number of nitrogens with zero attached hydrogens (tertiary/aromatic N) is 1. The van der Waals surface area contributed by atoms with Gasteiger partial charge in [-0.1, -0.05) is 31.3 Å². The van der Waals surface area contributed by atoms with Gasteiger partial charge in [0.2, 0.25) is 11.8 Å². The van der Waals surface area contributed by atoms with Crippen LogP contribution < -0.4 is 16.4 Å². The molecule has 24 heavy (non-hydrogen) atoms. The number of carbonyl (C=O) groups is 2. The molecule has 1 aromatic heterocycles. The lowest BCUT2D eigenvalue weighted by atomic mass is 10.1. The summed E-state index contributed by atoms with van der Waals surface area (Å²) in [6.07, 6.45) is 0.887. The molecule has 0 unspecified atom stereocenters. The van der Waals surface area contributed by atoms with E-state index in [2.05, 4.69) is 21.7 Å². The van der Waals surface area contributed by atoms with Crippen LogP contribution in [0.25, 0.3) is 10.2 Å². The molecule has 2 aromatic rings. The number of benzene rings is 1. The van der Waals surface area contributed by atoms with Crippen molar-refractivity contribution in [1.82, 2.24) is 10.3 Å². The third-order valence-corrected chi connectivity index (χ3v) is 4.62. The van der Waals surface area contributed by atoms with E-state index < -0.39 is 6.04 Å². The molecule has 130 valence electrons. The lowest BCUT2D eigenvalue weighted by Gasteiger charge is -2.15. The molecular weight excluding hydrogens is 324 g/mol.